The fraction of sp³-hybridized carbons (Fsp3) is 0.538. The minimum absolute atomic E-state index is 0.212. The largest absolute Gasteiger partial charge is 0.462 e. The lowest BCUT2D eigenvalue weighted by Gasteiger charge is -2.08. The van der Waals surface area contributed by atoms with Gasteiger partial charge < -0.3 is 9.47 Å². The van der Waals surface area contributed by atoms with E-state index in [2.05, 4.69) is 4.98 Å². The SMILES string of the molecule is COCCCOC(=O)c1cc(Cl)nc(C(C)C)c1. The minimum atomic E-state index is -0.377. The molecule has 0 aromatic carbocycles. The van der Waals surface area contributed by atoms with Gasteiger partial charge >= 0.3 is 5.97 Å². The Morgan fingerprint density at radius 1 is 1.39 bits per heavy atom. The van der Waals surface area contributed by atoms with Gasteiger partial charge in [-0.2, -0.15) is 0 Å². The monoisotopic (exact) mass is 271 g/mol. The van der Waals surface area contributed by atoms with Crippen molar-refractivity contribution in [3.05, 3.63) is 28.5 Å². The number of hydrogen-bond donors (Lipinski definition) is 0. The molecule has 18 heavy (non-hydrogen) atoms. The Morgan fingerprint density at radius 2 is 2.11 bits per heavy atom. The van der Waals surface area contributed by atoms with E-state index in [0.29, 0.717) is 30.4 Å². The number of pyridine rings is 1. The van der Waals surface area contributed by atoms with E-state index in [-0.39, 0.29) is 11.9 Å². The van der Waals surface area contributed by atoms with Gasteiger partial charge in [0.1, 0.15) is 5.15 Å². The minimum Gasteiger partial charge on any atom is -0.462 e. The Balaban J connectivity index is 2.67. The van der Waals surface area contributed by atoms with Crippen molar-refractivity contribution >= 4 is 17.6 Å². The molecule has 0 spiro atoms. The Morgan fingerprint density at radius 3 is 2.72 bits per heavy atom. The summed E-state index contributed by atoms with van der Waals surface area (Å²) in [5.41, 5.74) is 1.22. The fourth-order valence-corrected chi connectivity index (χ4v) is 1.60. The molecule has 0 aliphatic rings. The average molecular weight is 272 g/mol. The van der Waals surface area contributed by atoms with Gasteiger partial charge in [0.2, 0.25) is 0 Å². The molecule has 0 bridgehead atoms. The highest BCUT2D eigenvalue weighted by Gasteiger charge is 2.12. The quantitative estimate of drug-likeness (QED) is 0.453. The number of methoxy groups -OCH3 is 1. The summed E-state index contributed by atoms with van der Waals surface area (Å²) >= 11 is 5.88. The van der Waals surface area contributed by atoms with Crippen LogP contribution < -0.4 is 0 Å². The molecule has 0 atom stereocenters. The van der Waals surface area contributed by atoms with Crippen LogP contribution in [-0.2, 0) is 9.47 Å². The molecule has 0 saturated carbocycles. The Hall–Kier alpha value is -1.13. The molecule has 0 aliphatic carbocycles. The number of rotatable bonds is 6. The fourth-order valence-electron chi connectivity index (χ4n) is 1.38. The third-order valence-corrected chi connectivity index (χ3v) is 2.56. The van der Waals surface area contributed by atoms with E-state index in [0.717, 1.165) is 5.69 Å². The summed E-state index contributed by atoms with van der Waals surface area (Å²) in [5.74, 6) is -0.166. The lowest BCUT2D eigenvalue weighted by atomic mass is 10.1. The maximum atomic E-state index is 11.8. The molecule has 0 N–H and O–H groups in total. The maximum Gasteiger partial charge on any atom is 0.338 e. The number of hydrogen-bond acceptors (Lipinski definition) is 4. The van der Waals surface area contributed by atoms with Crippen LogP contribution in [0.25, 0.3) is 0 Å². The molecular formula is C13H18ClNO3. The standard InChI is InChI=1S/C13H18ClNO3/c1-9(2)11-7-10(8-12(14)15-11)13(16)18-6-4-5-17-3/h7-9H,4-6H2,1-3H3. The Kier molecular flexibility index (Phi) is 6.09. The zero-order chi connectivity index (χ0) is 13.5. The second kappa shape index (κ2) is 7.34. The predicted molar refractivity (Wildman–Crippen MR) is 70.1 cm³/mol. The van der Waals surface area contributed by atoms with E-state index in [4.69, 9.17) is 21.1 Å². The molecule has 100 valence electrons. The van der Waals surface area contributed by atoms with Gasteiger partial charge in [-0.1, -0.05) is 25.4 Å². The first-order chi connectivity index (χ1) is 8.54. The molecule has 0 saturated heterocycles. The highest BCUT2D eigenvalue weighted by molar-refractivity contribution is 6.29. The Labute approximate surface area is 112 Å². The van der Waals surface area contributed by atoms with E-state index in [1.807, 2.05) is 13.8 Å². The Bertz CT molecular complexity index is 407. The summed E-state index contributed by atoms with van der Waals surface area (Å²) in [5, 5.41) is 0.310. The van der Waals surface area contributed by atoms with E-state index in [1.54, 1.807) is 13.2 Å². The van der Waals surface area contributed by atoms with Crippen LogP contribution in [0.3, 0.4) is 0 Å². The second-order valence-corrected chi connectivity index (χ2v) is 4.63. The topological polar surface area (TPSA) is 48.4 Å². The van der Waals surface area contributed by atoms with Gasteiger partial charge in [-0.15, -0.1) is 0 Å². The summed E-state index contributed by atoms with van der Waals surface area (Å²) in [6, 6.07) is 3.24. The van der Waals surface area contributed by atoms with Gasteiger partial charge in [-0.05, 0) is 18.1 Å². The highest BCUT2D eigenvalue weighted by Crippen LogP contribution is 2.18. The average Bonchev–Trinajstić information content (AvgIpc) is 2.33. The molecule has 1 heterocycles. The zero-order valence-electron chi connectivity index (χ0n) is 10.9. The molecule has 1 aromatic rings. The number of nitrogens with zero attached hydrogens (tertiary/aromatic N) is 1. The molecule has 0 unspecified atom stereocenters. The first-order valence-electron chi connectivity index (χ1n) is 5.88. The molecule has 0 fully saturated rings. The predicted octanol–water partition coefficient (Wildman–Crippen LogP) is 3.05. The van der Waals surface area contributed by atoms with E-state index < -0.39 is 0 Å². The normalized spacial score (nSPS) is 10.7. The van der Waals surface area contributed by atoms with Crippen molar-refractivity contribution in [2.24, 2.45) is 0 Å². The van der Waals surface area contributed by atoms with Gasteiger partial charge in [0, 0.05) is 25.8 Å². The number of ether oxygens (including phenoxy) is 2. The van der Waals surface area contributed by atoms with Crippen LogP contribution >= 0.6 is 11.6 Å². The van der Waals surface area contributed by atoms with Crippen LogP contribution in [0.15, 0.2) is 12.1 Å². The summed E-state index contributed by atoms with van der Waals surface area (Å²) in [7, 11) is 1.61. The molecular weight excluding hydrogens is 254 g/mol. The van der Waals surface area contributed by atoms with Crippen molar-refractivity contribution in [3.8, 4) is 0 Å². The number of esters is 1. The van der Waals surface area contributed by atoms with Gasteiger partial charge in [0.15, 0.2) is 0 Å². The van der Waals surface area contributed by atoms with Crippen molar-refractivity contribution in [2.45, 2.75) is 26.2 Å². The first kappa shape index (κ1) is 14.9. The molecule has 1 rings (SSSR count). The van der Waals surface area contributed by atoms with Gasteiger partial charge in [0.25, 0.3) is 0 Å². The maximum absolute atomic E-state index is 11.8. The first-order valence-corrected chi connectivity index (χ1v) is 6.26. The number of halogens is 1. The zero-order valence-corrected chi connectivity index (χ0v) is 11.7. The van der Waals surface area contributed by atoms with E-state index in [9.17, 15) is 4.79 Å². The third kappa shape index (κ3) is 4.63. The summed E-state index contributed by atoms with van der Waals surface area (Å²) in [4.78, 5) is 15.9. The number of carbonyl (C=O) groups excluding carboxylic acids is 1. The van der Waals surface area contributed by atoms with Crippen molar-refractivity contribution in [3.63, 3.8) is 0 Å². The summed E-state index contributed by atoms with van der Waals surface area (Å²) < 4.78 is 9.99. The highest BCUT2D eigenvalue weighted by atomic mass is 35.5. The van der Waals surface area contributed by atoms with Gasteiger partial charge in [-0.3, -0.25) is 0 Å². The molecule has 0 aliphatic heterocycles. The van der Waals surface area contributed by atoms with Crippen LogP contribution in [0, 0.1) is 0 Å². The number of aromatic nitrogens is 1. The van der Waals surface area contributed by atoms with Crippen LogP contribution in [0.4, 0.5) is 0 Å². The second-order valence-electron chi connectivity index (χ2n) is 4.24. The lowest BCUT2D eigenvalue weighted by molar-refractivity contribution is 0.0468. The van der Waals surface area contributed by atoms with Crippen LogP contribution in [0.2, 0.25) is 5.15 Å². The molecule has 5 heteroatoms. The van der Waals surface area contributed by atoms with Crippen LogP contribution in [-0.4, -0.2) is 31.3 Å². The summed E-state index contributed by atoms with van der Waals surface area (Å²) in [6.07, 6.45) is 0.679. The van der Waals surface area contributed by atoms with Crippen molar-refractivity contribution < 1.29 is 14.3 Å². The smallest absolute Gasteiger partial charge is 0.338 e. The van der Waals surface area contributed by atoms with E-state index in [1.165, 1.54) is 6.07 Å². The van der Waals surface area contributed by atoms with E-state index >= 15 is 0 Å². The van der Waals surface area contributed by atoms with Gasteiger partial charge in [-0.25, -0.2) is 9.78 Å². The van der Waals surface area contributed by atoms with Crippen molar-refractivity contribution in [2.75, 3.05) is 20.3 Å². The van der Waals surface area contributed by atoms with Crippen molar-refractivity contribution in [1.29, 1.82) is 0 Å². The van der Waals surface area contributed by atoms with Gasteiger partial charge in [0.05, 0.1) is 12.2 Å². The third-order valence-electron chi connectivity index (χ3n) is 2.37. The van der Waals surface area contributed by atoms with Crippen LogP contribution in [0.5, 0.6) is 0 Å². The molecule has 0 radical (unpaired) electrons. The molecule has 0 amide bonds. The number of carbonyl (C=O) groups is 1. The summed E-state index contributed by atoms with van der Waals surface area (Å²) in [6.45, 7) is 4.89. The lowest BCUT2D eigenvalue weighted by Crippen LogP contribution is -2.09. The van der Waals surface area contributed by atoms with Crippen LogP contribution in [0.1, 0.15) is 42.2 Å². The molecule has 4 nitrogen and oxygen atoms in total. The molecule has 1 aromatic heterocycles. The van der Waals surface area contributed by atoms with Crippen molar-refractivity contribution in [1.82, 2.24) is 4.98 Å².